The van der Waals surface area contributed by atoms with E-state index in [0.717, 1.165) is 33.6 Å². The van der Waals surface area contributed by atoms with Gasteiger partial charge in [0.15, 0.2) is 0 Å². The third kappa shape index (κ3) is 3.88. The van der Waals surface area contributed by atoms with E-state index in [0.29, 0.717) is 11.3 Å². The number of rotatable bonds is 5. The van der Waals surface area contributed by atoms with Gasteiger partial charge in [-0.15, -0.1) is 0 Å². The van der Waals surface area contributed by atoms with Gasteiger partial charge in [-0.1, -0.05) is 12.1 Å². The first-order valence-electron chi connectivity index (χ1n) is 8.97. The van der Waals surface area contributed by atoms with Gasteiger partial charge < -0.3 is 14.0 Å². The summed E-state index contributed by atoms with van der Waals surface area (Å²) in [6, 6.07) is 8.91. The Balaban J connectivity index is 2.00. The highest BCUT2D eigenvalue weighted by Crippen LogP contribution is 2.34. The zero-order valence-electron chi connectivity index (χ0n) is 16.9. The van der Waals surface area contributed by atoms with Crippen molar-refractivity contribution in [3.8, 4) is 5.69 Å². The van der Waals surface area contributed by atoms with Crippen molar-refractivity contribution >= 4 is 40.9 Å². The smallest absolute Gasteiger partial charge is 0.339 e. The molecule has 9 heteroatoms. The molecule has 0 spiro atoms. The lowest BCUT2D eigenvalue weighted by Crippen LogP contribution is -2.34. The van der Waals surface area contributed by atoms with E-state index in [-0.39, 0.29) is 4.91 Å². The van der Waals surface area contributed by atoms with Gasteiger partial charge in [-0.3, -0.25) is 19.3 Å². The summed E-state index contributed by atoms with van der Waals surface area (Å²) in [7, 11) is 2.52. The van der Waals surface area contributed by atoms with Crippen molar-refractivity contribution in [2.75, 3.05) is 20.8 Å². The van der Waals surface area contributed by atoms with Gasteiger partial charge in [0.1, 0.15) is 6.54 Å². The highest BCUT2D eigenvalue weighted by atomic mass is 32.2. The summed E-state index contributed by atoms with van der Waals surface area (Å²) < 4.78 is 11.3. The van der Waals surface area contributed by atoms with E-state index >= 15 is 0 Å². The Kier molecular flexibility index (Phi) is 6.12. The standard InChI is InChI=1S/C21H20N2O6S/c1-12-9-14(10-17-19(25)22(21(27)30-17)11-18(24)28-3)13(2)23(12)16-8-6-5-7-15(16)20(26)29-4/h5-10H,11H2,1-4H3/b17-10+. The molecule has 1 aliphatic heterocycles. The molecule has 1 aromatic carbocycles. The zero-order chi connectivity index (χ0) is 22.0. The van der Waals surface area contributed by atoms with Crippen LogP contribution in [0.4, 0.5) is 4.79 Å². The SMILES string of the molecule is COC(=O)CN1C(=O)S/C(=C/c2cc(C)n(-c3ccccc3C(=O)OC)c2C)C1=O. The Morgan fingerprint density at radius 2 is 1.80 bits per heavy atom. The second-order valence-electron chi connectivity index (χ2n) is 6.51. The van der Waals surface area contributed by atoms with Gasteiger partial charge in [0, 0.05) is 11.4 Å². The fourth-order valence-electron chi connectivity index (χ4n) is 3.23. The molecule has 2 heterocycles. The van der Waals surface area contributed by atoms with E-state index in [1.54, 1.807) is 24.3 Å². The van der Waals surface area contributed by atoms with E-state index in [9.17, 15) is 19.2 Å². The van der Waals surface area contributed by atoms with Crippen LogP contribution in [0.25, 0.3) is 11.8 Å². The van der Waals surface area contributed by atoms with E-state index in [4.69, 9.17) is 4.74 Å². The number of benzene rings is 1. The van der Waals surface area contributed by atoms with Crippen molar-refractivity contribution in [1.29, 1.82) is 0 Å². The van der Waals surface area contributed by atoms with E-state index in [1.807, 2.05) is 30.5 Å². The van der Waals surface area contributed by atoms with Crippen LogP contribution >= 0.6 is 11.8 Å². The highest BCUT2D eigenvalue weighted by Gasteiger charge is 2.36. The van der Waals surface area contributed by atoms with Crippen LogP contribution in [0.3, 0.4) is 0 Å². The van der Waals surface area contributed by atoms with Gasteiger partial charge in [0.25, 0.3) is 11.1 Å². The van der Waals surface area contributed by atoms with Crippen molar-refractivity contribution in [3.63, 3.8) is 0 Å². The minimum atomic E-state index is -0.670. The van der Waals surface area contributed by atoms with Crippen molar-refractivity contribution in [2.45, 2.75) is 13.8 Å². The second-order valence-corrected chi connectivity index (χ2v) is 7.51. The van der Waals surface area contributed by atoms with Gasteiger partial charge in [-0.25, -0.2) is 4.79 Å². The Labute approximate surface area is 177 Å². The van der Waals surface area contributed by atoms with Crippen LogP contribution in [0.1, 0.15) is 27.3 Å². The number of methoxy groups -OCH3 is 2. The summed E-state index contributed by atoms with van der Waals surface area (Å²) in [5.41, 5.74) is 3.40. The number of ether oxygens (including phenoxy) is 2. The van der Waals surface area contributed by atoms with Crippen LogP contribution in [0.2, 0.25) is 0 Å². The third-order valence-corrected chi connectivity index (χ3v) is 5.60. The lowest BCUT2D eigenvalue weighted by molar-refractivity contribution is -0.143. The number of aryl methyl sites for hydroxylation is 1. The summed E-state index contributed by atoms with van der Waals surface area (Å²) in [5, 5.41) is -0.526. The Morgan fingerprint density at radius 1 is 1.10 bits per heavy atom. The Morgan fingerprint density at radius 3 is 2.47 bits per heavy atom. The number of thioether (sulfide) groups is 1. The first-order valence-corrected chi connectivity index (χ1v) is 9.79. The molecule has 1 fully saturated rings. The number of para-hydroxylation sites is 1. The van der Waals surface area contributed by atoms with Gasteiger partial charge >= 0.3 is 11.9 Å². The number of carbonyl (C=O) groups excluding carboxylic acids is 4. The molecule has 2 aromatic rings. The van der Waals surface area contributed by atoms with Gasteiger partial charge in [-0.2, -0.15) is 0 Å². The summed E-state index contributed by atoms with van der Waals surface area (Å²) in [4.78, 5) is 49.4. The van der Waals surface area contributed by atoms with Crippen molar-refractivity contribution in [1.82, 2.24) is 9.47 Å². The molecule has 8 nitrogen and oxygen atoms in total. The number of imide groups is 1. The Hall–Kier alpha value is -3.33. The summed E-state index contributed by atoms with van der Waals surface area (Å²) in [6.45, 7) is 3.30. The molecule has 0 saturated carbocycles. The number of carbonyl (C=O) groups is 4. The fraction of sp³-hybridized carbons (Fsp3) is 0.238. The van der Waals surface area contributed by atoms with E-state index < -0.39 is 29.6 Å². The molecule has 1 aromatic heterocycles. The normalized spacial score (nSPS) is 15.1. The first kappa shape index (κ1) is 21.4. The lowest BCUT2D eigenvalue weighted by Gasteiger charge is -2.13. The van der Waals surface area contributed by atoms with Crippen molar-refractivity contribution in [3.05, 3.63) is 57.8 Å². The molecule has 156 valence electrons. The van der Waals surface area contributed by atoms with Gasteiger partial charge in [-0.05, 0) is 55.4 Å². The molecule has 0 atom stereocenters. The maximum absolute atomic E-state index is 12.6. The summed E-state index contributed by atoms with van der Waals surface area (Å²) in [6.07, 6.45) is 1.61. The quantitative estimate of drug-likeness (QED) is 0.533. The molecule has 0 unspecified atom stereocenters. The van der Waals surface area contributed by atoms with Crippen LogP contribution < -0.4 is 0 Å². The second kappa shape index (κ2) is 8.58. The topological polar surface area (TPSA) is 94.9 Å². The molecule has 0 radical (unpaired) electrons. The first-order chi connectivity index (χ1) is 14.3. The minimum Gasteiger partial charge on any atom is -0.468 e. The maximum Gasteiger partial charge on any atom is 0.339 e. The van der Waals surface area contributed by atoms with Crippen molar-refractivity contribution in [2.24, 2.45) is 0 Å². The molecule has 1 saturated heterocycles. The number of nitrogens with zero attached hydrogens (tertiary/aromatic N) is 2. The molecule has 3 rings (SSSR count). The lowest BCUT2D eigenvalue weighted by atomic mass is 10.1. The largest absolute Gasteiger partial charge is 0.468 e. The highest BCUT2D eigenvalue weighted by molar-refractivity contribution is 8.18. The number of esters is 2. The van der Waals surface area contributed by atoms with E-state index in [2.05, 4.69) is 4.74 Å². The maximum atomic E-state index is 12.6. The molecule has 1 aliphatic rings. The van der Waals surface area contributed by atoms with Gasteiger partial charge in [0.05, 0.1) is 30.4 Å². The molecular weight excluding hydrogens is 408 g/mol. The monoisotopic (exact) mass is 428 g/mol. The average molecular weight is 428 g/mol. The predicted octanol–water partition coefficient (Wildman–Crippen LogP) is 3.09. The average Bonchev–Trinajstić information content (AvgIpc) is 3.16. The molecule has 2 amide bonds. The molecule has 0 bridgehead atoms. The number of hydrogen-bond acceptors (Lipinski definition) is 7. The molecule has 0 N–H and O–H groups in total. The Bertz CT molecular complexity index is 1090. The fourth-order valence-corrected chi connectivity index (χ4v) is 4.06. The number of aromatic nitrogens is 1. The van der Waals surface area contributed by atoms with Crippen LogP contribution in [0.5, 0.6) is 0 Å². The summed E-state index contributed by atoms with van der Waals surface area (Å²) in [5.74, 6) is -1.67. The van der Waals surface area contributed by atoms with Crippen LogP contribution in [-0.2, 0) is 19.1 Å². The van der Waals surface area contributed by atoms with Crippen LogP contribution in [-0.4, -0.2) is 53.3 Å². The van der Waals surface area contributed by atoms with E-state index in [1.165, 1.54) is 14.2 Å². The number of amides is 2. The van der Waals surface area contributed by atoms with Gasteiger partial charge in [0.2, 0.25) is 0 Å². The third-order valence-electron chi connectivity index (χ3n) is 4.70. The molecule has 30 heavy (non-hydrogen) atoms. The predicted molar refractivity (Wildman–Crippen MR) is 111 cm³/mol. The van der Waals surface area contributed by atoms with Crippen molar-refractivity contribution < 1.29 is 28.7 Å². The zero-order valence-corrected chi connectivity index (χ0v) is 17.7. The van der Waals surface area contributed by atoms with Crippen LogP contribution in [0.15, 0.2) is 35.2 Å². The number of hydrogen-bond donors (Lipinski definition) is 0. The molecular formula is C21H20N2O6S. The molecule has 0 aliphatic carbocycles. The minimum absolute atomic E-state index is 0.213. The van der Waals surface area contributed by atoms with Crippen LogP contribution in [0, 0.1) is 13.8 Å². The summed E-state index contributed by atoms with van der Waals surface area (Å²) >= 11 is 0.768.